The van der Waals surface area contributed by atoms with E-state index in [-0.39, 0.29) is 12.1 Å². The first-order chi connectivity index (χ1) is 12.0. The first kappa shape index (κ1) is 16.3. The minimum atomic E-state index is -0.966. The number of nitro benzene ring substituents is 1. The molecule has 2 aromatic carbocycles. The van der Waals surface area contributed by atoms with Gasteiger partial charge >= 0.3 is 5.69 Å². The molecule has 7 nitrogen and oxygen atoms in total. The van der Waals surface area contributed by atoms with E-state index in [9.17, 15) is 19.3 Å². The third-order valence-corrected chi connectivity index (χ3v) is 3.39. The van der Waals surface area contributed by atoms with Gasteiger partial charge in [0.25, 0.3) is 0 Å². The molecule has 25 heavy (non-hydrogen) atoms. The second kappa shape index (κ2) is 6.91. The molecule has 1 amide bonds. The SMILES string of the molecule is O=C(Cc1cc(-c2ccccc2)on1)Nc1ccc(F)c([N+](=O)[O-])c1. The molecule has 0 aliphatic heterocycles. The average Bonchev–Trinajstić information content (AvgIpc) is 3.05. The number of aromatic nitrogens is 1. The topological polar surface area (TPSA) is 98.3 Å². The Bertz CT molecular complexity index is 925. The number of carbonyl (C=O) groups is 1. The van der Waals surface area contributed by atoms with Gasteiger partial charge in [0.1, 0.15) is 0 Å². The number of carbonyl (C=O) groups excluding carboxylic acids is 1. The average molecular weight is 341 g/mol. The molecule has 0 radical (unpaired) electrons. The van der Waals surface area contributed by atoms with E-state index in [0.29, 0.717) is 11.5 Å². The van der Waals surface area contributed by atoms with Crippen LogP contribution in [0.1, 0.15) is 5.69 Å². The highest BCUT2D eigenvalue weighted by Gasteiger charge is 2.16. The van der Waals surface area contributed by atoms with Crippen molar-refractivity contribution >= 4 is 17.3 Å². The largest absolute Gasteiger partial charge is 0.356 e. The summed E-state index contributed by atoms with van der Waals surface area (Å²) in [5, 5.41) is 17.0. The third-order valence-electron chi connectivity index (χ3n) is 3.39. The molecule has 0 spiro atoms. The Morgan fingerprint density at radius 3 is 2.68 bits per heavy atom. The molecule has 0 aliphatic rings. The first-order valence-corrected chi connectivity index (χ1v) is 7.28. The summed E-state index contributed by atoms with van der Waals surface area (Å²) in [7, 11) is 0. The number of halogens is 1. The fraction of sp³-hybridized carbons (Fsp3) is 0.0588. The lowest BCUT2D eigenvalue weighted by Crippen LogP contribution is -2.14. The molecule has 0 unspecified atom stereocenters. The van der Waals surface area contributed by atoms with E-state index >= 15 is 0 Å². The molecule has 3 rings (SSSR count). The summed E-state index contributed by atoms with van der Waals surface area (Å²) >= 11 is 0. The normalized spacial score (nSPS) is 10.4. The van der Waals surface area contributed by atoms with Gasteiger partial charge in [0.2, 0.25) is 11.7 Å². The van der Waals surface area contributed by atoms with E-state index in [1.165, 1.54) is 6.07 Å². The highest BCUT2D eigenvalue weighted by atomic mass is 19.1. The molecule has 1 aromatic heterocycles. The predicted octanol–water partition coefficient (Wildman–Crippen LogP) is 3.57. The van der Waals surface area contributed by atoms with E-state index in [4.69, 9.17) is 4.52 Å². The molecule has 0 fully saturated rings. The lowest BCUT2D eigenvalue weighted by molar-refractivity contribution is -0.387. The van der Waals surface area contributed by atoms with Gasteiger partial charge in [-0.1, -0.05) is 35.5 Å². The van der Waals surface area contributed by atoms with Gasteiger partial charge in [0, 0.05) is 23.4 Å². The maximum atomic E-state index is 13.3. The van der Waals surface area contributed by atoms with Crippen LogP contribution in [0.2, 0.25) is 0 Å². The number of nitro groups is 1. The number of nitrogens with zero attached hydrogens (tertiary/aromatic N) is 2. The lowest BCUT2D eigenvalue weighted by atomic mass is 10.1. The van der Waals surface area contributed by atoms with Crippen molar-refractivity contribution in [1.29, 1.82) is 0 Å². The molecule has 0 saturated heterocycles. The van der Waals surface area contributed by atoms with Crippen molar-refractivity contribution < 1.29 is 18.6 Å². The van der Waals surface area contributed by atoms with Crippen LogP contribution in [0.15, 0.2) is 59.1 Å². The second-order valence-electron chi connectivity index (χ2n) is 5.20. The van der Waals surface area contributed by atoms with Gasteiger partial charge in [-0.05, 0) is 12.1 Å². The van der Waals surface area contributed by atoms with Crippen LogP contribution in [0.4, 0.5) is 15.8 Å². The Hall–Kier alpha value is -3.55. The van der Waals surface area contributed by atoms with Gasteiger partial charge in [0.15, 0.2) is 5.76 Å². The Morgan fingerprint density at radius 2 is 1.96 bits per heavy atom. The van der Waals surface area contributed by atoms with Crippen molar-refractivity contribution in [2.24, 2.45) is 0 Å². The van der Waals surface area contributed by atoms with Crippen LogP contribution in [-0.4, -0.2) is 16.0 Å². The van der Waals surface area contributed by atoms with Crippen LogP contribution >= 0.6 is 0 Å². The molecular formula is C17H12FN3O4. The Kier molecular flexibility index (Phi) is 4.51. The first-order valence-electron chi connectivity index (χ1n) is 7.28. The number of nitrogens with one attached hydrogen (secondary N) is 1. The maximum absolute atomic E-state index is 13.3. The number of benzene rings is 2. The van der Waals surface area contributed by atoms with Crippen LogP contribution in [-0.2, 0) is 11.2 Å². The zero-order valence-electron chi connectivity index (χ0n) is 12.8. The summed E-state index contributed by atoms with van der Waals surface area (Å²) in [6.45, 7) is 0. The fourth-order valence-corrected chi connectivity index (χ4v) is 2.23. The Morgan fingerprint density at radius 1 is 1.20 bits per heavy atom. The number of rotatable bonds is 5. The molecule has 8 heteroatoms. The number of anilines is 1. The third kappa shape index (κ3) is 3.86. The minimum absolute atomic E-state index is 0.0818. The molecule has 0 aliphatic carbocycles. The zero-order chi connectivity index (χ0) is 17.8. The van der Waals surface area contributed by atoms with Gasteiger partial charge in [-0.25, -0.2) is 0 Å². The smallest absolute Gasteiger partial charge is 0.306 e. The van der Waals surface area contributed by atoms with Crippen LogP contribution in [0.5, 0.6) is 0 Å². The Balaban J connectivity index is 1.68. The molecule has 0 saturated carbocycles. The van der Waals surface area contributed by atoms with Crippen molar-refractivity contribution in [3.8, 4) is 11.3 Å². The monoisotopic (exact) mass is 341 g/mol. The van der Waals surface area contributed by atoms with E-state index in [2.05, 4.69) is 10.5 Å². The standard InChI is InChI=1S/C17H12FN3O4/c18-14-7-6-12(8-15(14)21(23)24)19-17(22)10-13-9-16(25-20-13)11-4-2-1-3-5-11/h1-9H,10H2,(H,19,22). The second-order valence-corrected chi connectivity index (χ2v) is 5.20. The maximum Gasteiger partial charge on any atom is 0.306 e. The van der Waals surface area contributed by atoms with Crippen molar-refractivity contribution in [1.82, 2.24) is 5.16 Å². The van der Waals surface area contributed by atoms with Crippen LogP contribution < -0.4 is 5.32 Å². The molecule has 3 aromatic rings. The van der Waals surface area contributed by atoms with Gasteiger partial charge in [-0.2, -0.15) is 4.39 Å². The van der Waals surface area contributed by atoms with Crippen molar-refractivity contribution in [3.63, 3.8) is 0 Å². The molecule has 0 bridgehead atoms. The summed E-state index contributed by atoms with van der Waals surface area (Å²) in [6, 6.07) is 14.1. The van der Waals surface area contributed by atoms with Gasteiger partial charge in [-0.15, -0.1) is 0 Å². The van der Waals surface area contributed by atoms with E-state index < -0.39 is 22.3 Å². The summed E-state index contributed by atoms with van der Waals surface area (Å²) in [5.74, 6) is -0.887. The number of amides is 1. The van der Waals surface area contributed by atoms with E-state index in [1.807, 2.05) is 30.3 Å². The lowest BCUT2D eigenvalue weighted by Gasteiger charge is -2.04. The minimum Gasteiger partial charge on any atom is -0.356 e. The summed E-state index contributed by atoms with van der Waals surface area (Å²) < 4.78 is 18.5. The van der Waals surface area contributed by atoms with Gasteiger partial charge in [0.05, 0.1) is 17.0 Å². The summed E-state index contributed by atoms with van der Waals surface area (Å²) in [6.07, 6.45) is -0.0818. The number of hydrogen-bond acceptors (Lipinski definition) is 5. The highest BCUT2D eigenvalue weighted by Crippen LogP contribution is 2.22. The van der Waals surface area contributed by atoms with Gasteiger partial charge in [-0.3, -0.25) is 14.9 Å². The molecular weight excluding hydrogens is 329 g/mol. The molecule has 0 atom stereocenters. The van der Waals surface area contributed by atoms with Crippen molar-refractivity contribution in [3.05, 3.63) is 76.2 Å². The fourth-order valence-electron chi connectivity index (χ4n) is 2.23. The molecule has 1 heterocycles. The van der Waals surface area contributed by atoms with Crippen LogP contribution in [0, 0.1) is 15.9 Å². The zero-order valence-corrected chi connectivity index (χ0v) is 12.8. The molecule has 126 valence electrons. The van der Waals surface area contributed by atoms with E-state index in [1.54, 1.807) is 6.07 Å². The highest BCUT2D eigenvalue weighted by molar-refractivity contribution is 5.92. The Labute approximate surface area is 141 Å². The van der Waals surface area contributed by atoms with Crippen LogP contribution in [0.3, 0.4) is 0 Å². The molecule has 1 N–H and O–H groups in total. The summed E-state index contributed by atoms with van der Waals surface area (Å²) in [4.78, 5) is 21.9. The van der Waals surface area contributed by atoms with E-state index in [0.717, 1.165) is 17.7 Å². The quantitative estimate of drug-likeness (QED) is 0.565. The summed E-state index contributed by atoms with van der Waals surface area (Å²) in [5.41, 5.74) is 0.666. The predicted molar refractivity (Wildman–Crippen MR) is 87.3 cm³/mol. The number of hydrogen-bond donors (Lipinski definition) is 1. The van der Waals surface area contributed by atoms with Crippen molar-refractivity contribution in [2.45, 2.75) is 6.42 Å². The van der Waals surface area contributed by atoms with Gasteiger partial charge < -0.3 is 9.84 Å². The van der Waals surface area contributed by atoms with Crippen LogP contribution in [0.25, 0.3) is 11.3 Å². The van der Waals surface area contributed by atoms with Crippen molar-refractivity contribution in [2.75, 3.05) is 5.32 Å².